The van der Waals surface area contributed by atoms with Gasteiger partial charge < -0.3 is 5.11 Å². The predicted molar refractivity (Wildman–Crippen MR) is 57.2 cm³/mol. The first-order valence-electron chi connectivity index (χ1n) is 5.12. The van der Waals surface area contributed by atoms with Crippen LogP contribution in [0.25, 0.3) is 10.4 Å². The van der Waals surface area contributed by atoms with Gasteiger partial charge in [0.2, 0.25) is 0 Å². The van der Waals surface area contributed by atoms with Gasteiger partial charge in [-0.2, -0.15) is 0 Å². The monoisotopic (exact) mass is 203 g/mol. The number of hydrogen-bond acceptors (Lipinski definition) is 2. The summed E-state index contributed by atoms with van der Waals surface area (Å²) in [6, 6.07) is 5.85. The van der Waals surface area contributed by atoms with Crippen molar-refractivity contribution in [2.75, 3.05) is 0 Å². The van der Waals surface area contributed by atoms with Gasteiger partial charge in [0.25, 0.3) is 0 Å². The lowest BCUT2D eigenvalue weighted by Gasteiger charge is -2.22. The van der Waals surface area contributed by atoms with E-state index in [-0.39, 0.29) is 12.6 Å². The summed E-state index contributed by atoms with van der Waals surface area (Å²) in [6.07, 6.45) is 2.99. The van der Waals surface area contributed by atoms with Crippen molar-refractivity contribution in [1.82, 2.24) is 0 Å². The summed E-state index contributed by atoms with van der Waals surface area (Å²) in [6.45, 7) is 0.0689. The van der Waals surface area contributed by atoms with E-state index < -0.39 is 0 Å². The molecule has 0 saturated heterocycles. The molecule has 0 spiro atoms. The number of aliphatic hydroxyl groups is 1. The van der Waals surface area contributed by atoms with E-state index in [0.717, 1.165) is 30.4 Å². The molecule has 0 fully saturated rings. The lowest BCUT2D eigenvalue weighted by atomic mass is 9.87. The van der Waals surface area contributed by atoms with E-state index in [1.807, 2.05) is 18.2 Å². The van der Waals surface area contributed by atoms with E-state index in [0.29, 0.717) is 0 Å². The summed E-state index contributed by atoms with van der Waals surface area (Å²) >= 11 is 0. The van der Waals surface area contributed by atoms with Gasteiger partial charge in [0.15, 0.2) is 0 Å². The molecule has 0 bridgehead atoms. The summed E-state index contributed by atoms with van der Waals surface area (Å²) in [4.78, 5) is 2.88. The molecule has 0 unspecified atom stereocenters. The highest BCUT2D eigenvalue weighted by Crippen LogP contribution is 2.33. The molecule has 0 amide bonds. The van der Waals surface area contributed by atoms with Crippen LogP contribution in [-0.4, -0.2) is 5.11 Å². The maximum absolute atomic E-state index is 9.03. The van der Waals surface area contributed by atoms with Gasteiger partial charge in [-0.3, -0.25) is 0 Å². The van der Waals surface area contributed by atoms with Gasteiger partial charge in [0.05, 0.1) is 12.6 Å². The van der Waals surface area contributed by atoms with E-state index in [1.54, 1.807) is 0 Å². The molecule has 0 heterocycles. The highest BCUT2D eigenvalue weighted by atomic mass is 16.3. The van der Waals surface area contributed by atoms with Crippen LogP contribution in [-0.2, 0) is 13.0 Å². The Balaban J connectivity index is 2.40. The molecule has 1 aliphatic rings. The molecule has 0 saturated carbocycles. The van der Waals surface area contributed by atoms with Crippen LogP contribution < -0.4 is 0 Å². The van der Waals surface area contributed by atoms with E-state index >= 15 is 0 Å². The summed E-state index contributed by atoms with van der Waals surface area (Å²) in [5, 5.41) is 12.8. The molecule has 1 aliphatic carbocycles. The number of aryl methyl sites for hydroxylation is 1. The minimum atomic E-state index is -0.0218. The van der Waals surface area contributed by atoms with Crippen LogP contribution in [0.15, 0.2) is 23.3 Å². The Kier molecular flexibility index (Phi) is 2.90. The van der Waals surface area contributed by atoms with E-state index in [4.69, 9.17) is 10.6 Å². The third-order valence-electron chi connectivity index (χ3n) is 2.86. The SMILES string of the molecule is [N-]=[N+]=N[C@@H]1CCCc2cc(CO)ccc21. The van der Waals surface area contributed by atoms with Crippen molar-refractivity contribution >= 4 is 0 Å². The summed E-state index contributed by atoms with van der Waals surface area (Å²) < 4.78 is 0. The maximum atomic E-state index is 9.03. The van der Waals surface area contributed by atoms with Crippen molar-refractivity contribution in [2.24, 2.45) is 5.11 Å². The third kappa shape index (κ3) is 1.96. The van der Waals surface area contributed by atoms with Gasteiger partial charge in [-0.05, 0) is 41.5 Å². The van der Waals surface area contributed by atoms with Crippen molar-refractivity contribution < 1.29 is 5.11 Å². The van der Waals surface area contributed by atoms with E-state index in [1.165, 1.54) is 5.56 Å². The molecule has 0 aromatic heterocycles. The Morgan fingerprint density at radius 2 is 2.40 bits per heavy atom. The Bertz CT molecular complexity index is 410. The summed E-state index contributed by atoms with van der Waals surface area (Å²) in [7, 11) is 0. The molecule has 1 aromatic rings. The molecule has 1 atom stereocenters. The van der Waals surface area contributed by atoms with Crippen LogP contribution in [0.3, 0.4) is 0 Å². The van der Waals surface area contributed by atoms with Gasteiger partial charge in [-0.1, -0.05) is 23.3 Å². The Hall–Kier alpha value is -1.51. The second kappa shape index (κ2) is 4.34. The average Bonchev–Trinajstić information content (AvgIpc) is 2.29. The molecule has 78 valence electrons. The minimum absolute atomic E-state index is 0.0218. The number of hydrogen-bond donors (Lipinski definition) is 1. The topological polar surface area (TPSA) is 69.0 Å². The third-order valence-corrected chi connectivity index (χ3v) is 2.86. The smallest absolute Gasteiger partial charge is 0.0681 e. The molecule has 0 aliphatic heterocycles. The highest BCUT2D eigenvalue weighted by Gasteiger charge is 2.18. The molecule has 2 rings (SSSR count). The lowest BCUT2D eigenvalue weighted by molar-refractivity contribution is 0.281. The van der Waals surface area contributed by atoms with Gasteiger partial charge in [0, 0.05) is 4.91 Å². The number of aliphatic hydroxyl groups excluding tert-OH is 1. The number of azide groups is 1. The van der Waals surface area contributed by atoms with Crippen molar-refractivity contribution in [1.29, 1.82) is 0 Å². The fraction of sp³-hybridized carbons (Fsp3) is 0.455. The van der Waals surface area contributed by atoms with Crippen LogP contribution in [0, 0.1) is 0 Å². The molecule has 1 aromatic carbocycles. The first kappa shape index (κ1) is 10.0. The molecule has 1 N–H and O–H groups in total. The number of benzene rings is 1. The van der Waals surface area contributed by atoms with Crippen LogP contribution in [0.4, 0.5) is 0 Å². The zero-order valence-corrected chi connectivity index (χ0v) is 8.43. The minimum Gasteiger partial charge on any atom is -0.392 e. The largest absolute Gasteiger partial charge is 0.392 e. The van der Waals surface area contributed by atoms with Crippen LogP contribution in [0.1, 0.15) is 35.6 Å². The molecular weight excluding hydrogens is 190 g/mol. The van der Waals surface area contributed by atoms with Crippen LogP contribution in [0.5, 0.6) is 0 Å². The number of rotatable bonds is 2. The molecule has 0 radical (unpaired) electrons. The molecule has 4 nitrogen and oxygen atoms in total. The fourth-order valence-electron chi connectivity index (χ4n) is 2.12. The standard InChI is InChI=1S/C11H13N3O/c12-14-13-11-3-1-2-9-6-8(7-15)4-5-10(9)11/h4-6,11,15H,1-3,7H2/t11-/m1/s1. The van der Waals surface area contributed by atoms with Gasteiger partial charge in [0.1, 0.15) is 0 Å². The molecular formula is C11H13N3O. The van der Waals surface area contributed by atoms with Crippen molar-refractivity contribution in [2.45, 2.75) is 31.9 Å². The second-order valence-corrected chi connectivity index (χ2v) is 3.80. The van der Waals surface area contributed by atoms with E-state index in [2.05, 4.69) is 10.0 Å². The fourth-order valence-corrected chi connectivity index (χ4v) is 2.12. The first-order valence-corrected chi connectivity index (χ1v) is 5.12. The van der Waals surface area contributed by atoms with E-state index in [9.17, 15) is 0 Å². The van der Waals surface area contributed by atoms with Crippen LogP contribution in [0.2, 0.25) is 0 Å². The zero-order valence-electron chi connectivity index (χ0n) is 8.43. The van der Waals surface area contributed by atoms with Crippen LogP contribution >= 0.6 is 0 Å². The molecule has 4 heteroatoms. The van der Waals surface area contributed by atoms with Gasteiger partial charge >= 0.3 is 0 Å². The lowest BCUT2D eigenvalue weighted by Crippen LogP contribution is -2.08. The Morgan fingerprint density at radius 3 is 3.13 bits per heavy atom. The number of fused-ring (bicyclic) bond motifs is 1. The summed E-state index contributed by atoms with van der Waals surface area (Å²) in [5.74, 6) is 0. The average molecular weight is 203 g/mol. The highest BCUT2D eigenvalue weighted by molar-refractivity contribution is 5.36. The predicted octanol–water partition coefficient (Wildman–Crippen LogP) is 2.87. The van der Waals surface area contributed by atoms with Gasteiger partial charge in [-0.15, -0.1) is 0 Å². The second-order valence-electron chi connectivity index (χ2n) is 3.80. The quantitative estimate of drug-likeness (QED) is 0.448. The van der Waals surface area contributed by atoms with Crippen molar-refractivity contribution in [3.63, 3.8) is 0 Å². The normalized spacial score (nSPS) is 19.1. The van der Waals surface area contributed by atoms with Gasteiger partial charge in [-0.25, -0.2) is 0 Å². The molecule has 15 heavy (non-hydrogen) atoms. The van der Waals surface area contributed by atoms with Crippen molar-refractivity contribution in [3.05, 3.63) is 45.3 Å². The zero-order chi connectivity index (χ0) is 10.7. The maximum Gasteiger partial charge on any atom is 0.0681 e. The number of nitrogens with zero attached hydrogens (tertiary/aromatic N) is 3. The summed E-state index contributed by atoms with van der Waals surface area (Å²) in [5.41, 5.74) is 11.7. The Morgan fingerprint density at radius 1 is 1.53 bits per heavy atom. The first-order chi connectivity index (χ1) is 7.35. The Labute approximate surface area is 88.2 Å². The van der Waals surface area contributed by atoms with Crippen molar-refractivity contribution in [3.8, 4) is 0 Å².